The average molecular weight is 351 g/mol. The van der Waals surface area contributed by atoms with Crippen LogP contribution in [0.5, 0.6) is 5.75 Å². The van der Waals surface area contributed by atoms with Crippen molar-refractivity contribution in [3.05, 3.63) is 60.1 Å². The minimum atomic E-state index is -4.95. The van der Waals surface area contributed by atoms with Crippen LogP contribution in [-0.4, -0.2) is 17.1 Å². The minimum absolute atomic E-state index is 0.0529. The first-order valence-corrected chi connectivity index (χ1v) is 7.54. The summed E-state index contributed by atoms with van der Waals surface area (Å²) < 4.78 is 54.1. The summed E-state index contributed by atoms with van der Waals surface area (Å²) in [5.41, 5.74) is 1.68. The summed E-state index contributed by atoms with van der Waals surface area (Å²) in [6, 6.07) is 6.73. The molecule has 1 aliphatic rings. The first-order valence-electron chi connectivity index (χ1n) is 7.54. The zero-order valence-electron chi connectivity index (χ0n) is 12.9. The van der Waals surface area contributed by atoms with Gasteiger partial charge in [-0.15, -0.1) is 13.2 Å². The van der Waals surface area contributed by atoms with Gasteiger partial charge in [-0.05, 0) is 48.4 Å². The molecule has 1 aromatic heterocycles. The van der Waals surface area contributed by atoms with Crippen LogP contribution >= 0.6 is 0 Å². The molecular weight excluding hydrogens is 338 g/mol. The molecule has 7 heteroatoms. The zero-order valence-corrected chi connectivity index (χ0v) is 12.9. The van der Waals surface area contributed by atoms with Crippen LogP contribution in [0.2, 0.25) is 0 Å². The predicted octanol–water partition coefficient (Wildman–Crippen LogP) is 4.79. The van der Waals surface area contributed by atoms with Crippen molar-refractivity contribution in [1.82, 2.24) is 4.98 Å². The number of nitrogens with zero attached hydrogens (tertiary/aromatic N) is 1. The molecule has 0 spiro atoms. The molecule has 0 fully saturated rings. The summed E-state index contributed by atoms with van der Waals surface area (Å²) in [4.78, 5) is 15.4. The molecule has 25 heavy (non-hydrogen) atoms. The minimum Gasteiger partial charge on any atom is -0.403 e. The van der Waals surface area contributed by atoms with Crippen LogP contribution in [0.1, 0.15) is 24.3 Å². The second kappa shape index (κ2) is 6.66. The van der Waals surface area contributed by atoms with Gasteiger partial charge in [0.15, 0.2) is 17.3 Å². The Morgan fingerprint density at radius 2 is 1.96 bits per heavy atom. The highest BCUT2D eigenvalue weighted by Crippen LogP contribution is 2.31. The highest BCUT2D eigenvalue weighted by Gasteiger charge is 2.32. The molecule has 1 aliphatic carbocycles. The number of carbonyl (C=O) groups is 1. The molecule has 0 aliphatic heterocycles. The van der Waals surface area contributed by atoms with Crippen LogP contribution in [0.3, 0.4) is 0 Å². The van der Waals surface area contributed by atoms with E-state index in [1.165, 1.54) is 12.1 Å². The van der Waals surface area contributed by atoms with Gasteiger partial charge in [0.1, 0.15) is 0 Å². The monoisotopic (exact) mass is 351 g/mol. The summed E-state index contributed by atoms with van der Waals surface area (Å²) >= 11 is 0. The van der Waals surface area contributed by atoms with E-state index in [2.05, 4.69) is 9.72 Å². The van der Waals surface area contributed by atoms with Gasteiger partial charge >= 0.3 is 6.36 Å². The number of hydrogen-bond acceptors (Lipinski definition) is 3. The van der Waals surface area contributed by atoms with Crippen molar-refractivity contribution < 1.29 is 27.1 Å². The Morgan fingerprint density at radius 1 is 1.16 bits per heavy atom. The summed E-state index contributed by atoms with van der Waals surface area (Å²) in [6.45, 7) is 0. The number of ether oxygens (including phenoxy) is 1. The summed E-state index contributed by atoms with van der Waals surface area (Å²) in [7, 11) is 0. The highest BCUT2D eigenvalue weighted by atomic mass is 19.4. The number of aromatic nitrogens is 1. The molecule has 1 atom stereocenters. The lowest BCUT2D eigenvalue weighted by atomic mass is 9.88. The first-order chi connectivity index (χ1) is 11.8. The number of pyridine rings is 1. The summed E-state index contributed by atoms with van der Waals surface area (Å²) in [5, 5.41) is 0. The van der Waals surface area contributed by atoms with Gasteiger partial charge in [-0.2, -0.15) is 0 Å². The number of carbonyl (C=O) groups excluding carboxylic acids is 1. The molecule has 3 rings (SSSR count). The van der Waals surface area contributed by atoms with Crippen molar-refractivity contribution in [3.63, 3.8) is 0 Å². The van der Waals surface area contributed by atoms with Crippen LogP contribution in [0.4, 0.5) is 17.6 Å². The van der Waals surface area contributed by atoms with E-state index < -0.39 is 17.9 Å². The van der Waals surface area contributed by atoms with E-state index in [1.807, 2.05) is 6.08 Å². The summed E-state index contributed by atoms with van der Waals surface area (Å²) in [6.07, 6.45) is 1.07. The molecule has 130 valence electrons. The molecule has 0 amide bonds. The maximum atomic E-state index is 13.9. The van der Waals surface area contributed by atoms with Crippen molar-refractivity contribution in [2.24, 2.45) is 0 Å². The Kier molecular flexibility index (Phi) is 4.57. The van der Waals surface area contributed by atoms with Gasteiger partial charge in [0.25, 0.3) is 0 Å². The Morgan fingerprint density at radius 3 is 2.60 bits per heavy atom. The fourth-order valence-electron chi connectivity index (χ4n) is 2.68. The van der Waals surface area contributed by atoms with Gasteiger partial charge in [-0.3, -0.25) is 9.78 Å². The van der Waals surface area contributed by atoms with Crippen LogP contribution in [-0.2, 0) is 4.79 Å². The smallest absolute Gasteiger partial charge is 0.403 e. The molecule has 3 nitrogen and oxygen atoms in total. The molecule has 0 radical (unpaired) electrons. The standard InChI is InChI=1S/C18H13F4NO2/c19-15-9-13(3-6-17(15)25-18(20,21)22)16-10-12(7-8-23-16)11-1-4-14(24)5-2-11/h1,3-4,6-11H,2,5H2. The number of hydrogen-bond donors (Lipinski definition) is 0. The Hall–Kier alpha value is -2.70. The number of halogens is 4. The molecule has 0 saturated carbocycles. The number of rotatable bonds is 3. The number of benzene rings is 1. The molecule has 0 bridgehead atoms. The van der Waals surface area contributed by atoms with Crippen LogP contribution < -0.4 is 4.74 Å². The molecule has 0 saturated heterocycles. The second-order valence-corrected chi connectivity index (χ2v) is 5.64. The van der Waals surface area contributed by atoms with Crippen molar-refractivity contribution in [3.8, 4) is 17.0 Å². The lowest BCUT2D eigenvalue weighted by molar-refractivity contribution is -0.275. The topological polar surface area (TPSA) is 39.2 Å². The van der Waals surface area contributed by atoms with Crippen molar-refractivity contribution in [2.45, 2.75) is 25.1 Å². The zero-order chi connectivity index (χ0) is 18.0. The summed E-state index contributed by atoms with van der Waals surface area (Å²) in [5.74, 6) is -1.88. The lowest BCUT2D eigenvalue weighted by Gasteiger charge is -2.16. The first kappa shape index (κ1) is 17.1. The average Bonchev–Trinajstić information content (AvgIpc) is 2.56. The van der Waals surface area contributed by atoms with Crippen LogP contribution in [0.15, 0.2) is 48.7 Å². The normalized spacial score (nSPS) is 17.6. The van der Waals surface area contributed by atoms with Gasteiger partial charge in [0, 0.05) is 24.1 Å². The van der Waals surface area contributed by atoms with Gasteiger partial charge in [0.05, 0.1) is 5.69 Å². The van der Waals surface area contributed by atoms with E-state index in [1.54, 1.807) is 18.3 Å². The maximum Gasteiger partial charge on any atom is 0.573 e. The third-order valence-electron chi connectivity index (χ3n) is 3.88. The van der Waals surface area contributed by atoms with E-state index in [-0.39, 0.29) is 11.7 Å². The molecular formula is C18H13F4NO2. The highest BCUT2D eigenvalue weighted by molar-refractivity contribution is 5.90. The molecule has 2 aromatic rings. The third-order valence-corrected chi connectivity index (χ3v) is 3.88. The molecule has 0 N–H and O–H groups in total. The SMILES string of the molecule is O=C1C=CC(c2ccnc(-c3ccc(OC(F)(F)F)c(F)c3)c2)CC1. The molecule has 1 aromatic carbocycles. The van der Waals surface area contributed by atoms with Gasteiger partial charge < -0.3 is 4.74 Å². The number of alkyl halides is 3. The fourth-order valence-corrected chi connectivity index (χ4v) is 2.68. The van der Waals surface area contributed by atoms with E-state index in [4.69, 9.17) is 0 Å². The van der Waals surface area contributed by atoms with E-state index in [0.717, 1.165) is 17.7 Å². The maximum absolute atomic E-state index is 13.9. The number of ketones is 1. The predicted molar refractivity (Wildman–Crippen MR) is 82.4 cm³/mol. The van der Waals surface area contributed by atoms with Crippen molar-refractivity contribution in [2.75, 3.05) is 0 Å². The largest absolute Gasteiger partial charge is 0.573 e. The van der Waals surface area contributed by atoms with Gasteiger partial charge in [-0.1, -0.05) is 6.08 Å². The van der Waals surface area contributed by atoms with Crippen molar-refractivity contribution in [1.29, 1.82) is 0 Å². The molecule has 1 unspecified atom stereocenters. The Bertz CT molecular complexity index is 830. The van der Waals surface area contributed by atoms with Crippen LogP contribution in [0.25, 0.3) is 11.3 Å². The number of allylic oxidation sites excluding steroid dienone is 2. The third kappa shape index (κ3) is 4.23. The Labute approximate surface area is 141 Å². The van der Waals surface area contributed by atoms with Gasteiger partial charge in [-0.25, -0.2) is 4.39 Å². The fraction of sp³-hybridized carbons (Fsp3) is 0.222. The molecule has 1 heterocycles. The van der Waals surface area contributed by atoms with Gasteiger partial charge in [0.2, 0.25) is 0 Å². The van der Waals surface area contributed by atoms with E-state index >= 15 is 0 Å². The quantitative estimate of drug-likeness (QED) is 0.747. The van der Waals surface area contributed by atoms with E-state index in [9.17, 15) is 22.4 Å². The lowest BCUT2D eigenvalue weighted by Crippen LogP contribution is -2.17. The second-order valence-electron chi connectivity index (χ2n) is 5.64. The van der Waals surface area contributed by atoms with Crippen LogP contribution in [0, 0.1) is 5.82 Å². The Balaban J connectivity index is 1.87. The van der Waals surface area contributed by atoms with Crippen molar-refractivity contribution >= 4 is 5.78 Å². The van der Waals surface area contributed by atoms with E-state index in [0.29, 0.717) is 24.1 Å².